The van der Waals surface area contributed by atoms with Crippen molar-refractivity contribution in [3.63, 3.8) is 0 Å². The number of aromatic carboxylic acids is 4. The van der Waals surface area contributed by atoms with E-state index in [2.05, 4.69) is 0 Å². The molecule has 0 aromatic heterocycles. The fourth-order valence-corrected chi connectivity index (χ4v) is 2.15. The second kappa shape index (κ2) is 23.7. The van der Waals surface area contributed by atoms with Crippen LogP contribution in [0.3, 0.4) is 0 Å². The molecule has 0 fully saturated rings. The Morgan fingerprint density at radius 3 is 0.635 bits per heavy atom. The smallest absolute Gasteiger partial charge is 0.335 e. The molecule has 4 amide bonds. The van der Waals surface area contributed by atoms with Gasteiger partial charge in [-0.05, 0) is 12.1 Å². The van der Waals surface area contributed by atoms with E-state index in [-0.39, 0.29) is 23.6 Å². The molecule has 2 aromatic rings. The molecular formula is C32H46N6O14. The summed E-state index contributed by atoms with van der Waals surface area (Å²) in [5.41, 5.74) is -3.71. The summed E-state index contributed by atoms with van der Waals surface area (Å²) in [5, 5.41) is 60.7. The molecular weight excluding hydrogens is 692 g/mol. The van der Waals surface area contributed by atoms with Crippen molar-refractivity contribution >= 4 is 58.9 Å². The van der Waals surface area contributed by atoms with Gasteiger partial charge in [0.05, 0.1) is 32.0 Å². The van der Waals surface area contributed by atoms with E-state index in [1.54, 1.807) is 56.4 Å². The Morgan fingerprint density at radius 2 is 0.538 bits per heavy atom. The van der Waals surface area contributed by atoms with Gasteiger partial charge in [0.1, 0.15) is 0 Å². The molecule has 20 heteroatoms. The van der Waals surface area contributed by atoms with Crippen LogP contribution >= 0.6 is 0 Å². The van der Waals surface area contributed by atoms with Crippen LogP contribution in [0.5, 0.6) is 0 Å². The molecule has 288 valence electrons. The van der Waals surface area contributed by atoms with Gasteiger partial charge in [-0.1, -0.05) is 0 Å². The number of azo groups is 1. The monoisotopic (exact) mass is 738 g/mol. The summed E-state index contributed by atoms with van der Waals surface area (Å²) in [6.07, 6.45) is 0. The molecule has 0 spiro atoms. The number of rotatable bonds is 6. The van der Waals surface area contributed by atoms with Crippen molar-refractivity contribution < 1.29 is 68.5 Å². The van der Waals surface area contributed by atoms with E-state index in [1.807, 2.05) is 0 Å². The Labute approximate surface area is 300 Å². The van der Waals surface area contributed by atoms with Gasteiger partial charge in [-0.3, -0.25) is 19.2 Å². The quantitative estimate of drug-likeness (QED) is 0.188. The Kier molecular flexibility index (Phi) is 22.7. The van der Waals surface area contributed by atoms with Crippen LogP contribution in [-0.2, 0) is 19.2 Å². The number of carboxylic acid groups (broad SMARTS) is 4. The first-order chi connectivity index (χ1) is 23.6. The number of carbonyl (C=O) groups excluding carboxylic acids is 4. The number of carboxylic acids is 4. The Hall–Kier alpha value is -6.60. The Morgan fingerprint density at radius 1 is 0.404 bits per heavy atom. The van der Waals surface area contributed by atoms with Crippen LogP contribution in [-0.4, -0.2) is 154 Å². The van der Waals surface area contributed by atoms with E-state index in [9.17, 15) is 48.8 Å². The van der Waals surface area contributed by atoms with Gasteiger partial charge in [0, 0.05) is 108 Å². The summed E-state index contributed by atoms with van der Waals surface area (Å²) >= 11 is 0. The van der Waals surface area contributed by atoms with Crippen molar-refractivity contribution in [3.05, 3.63) is 69.1 Å². The Bertz CT molecular complexity index is 1430. The van der Waals surface area contributed by atoms with Crippen molar-refractivity contribution in [2.75, 3.05) is 56.4 Å². The van der Waals surface area contributed by atoms with Crippen LogP contribution in [0.4, 0.5) is 11.4 Å². The summed E-state index contributed by atoms with van der Waals surface area (Å²) in [5.74, 6) is -5.87. The van der Waals surface area contributed by atoms with E-state index < -0.39 is 67.2 Å². The Balaban J connectivity index is -0.000000805. The molecule has 0 aliphatic carbocycles. The topological polar surface area (TPSA) is 283 Å². The van der Waals surface area contributed by atoms with Crippen molar-refractivity contribution in [2.45, 2.75) is 27.7 Å². The van der Waals surface area contributed by atoms with Crippen LogP contribution in [0.15, 0.2) is 36.4 Å². The van der Waals surface area contributed by atoms with Crippen LogP contribution in [0, 0.1) is 10.4 Å². The third kappa shape index (κ3) is 20.7. The summed E-state index contributed by atoms with van der Waals surface area (Å²) in [7, 11) is 13.8. The lowest BCUT2D eigenvalue weighted by Gasteiger charge is -2.06. The molecule has 0 heterocycles. The lowest BCUT2D eigenvalue weighted by atomic mass is 10.1. The normalized spacial score (nSPS) is 9.77. The average molecular weight is 739 g/mol. The molecule has 0 aliphatic rings. The third-order valence-corrected chi connectivity index (χ3v) is 5.95. The average Bonchev–Trinajstić information content (AvgIpc) is 3.04. The molecule has 20 nitrogen and oxygen atoms in total. The highest BCUT2D eigenvalue weighted by Crippen LogP contribution is 2.23. The fourth-order valence-electron chi connectivity index (χ4n) is 2.15. The van der Waals surface area contributed by atoms with E-state index in [0.29, 0.717) is 0 Å². The first kappa shape index (κ1) is 49.8. The zero-order valence-electron chi connectivity index (χ0n) is 31.0. The fraction of sp³-hybridized carbons (Fsp3) is 0.375. The third-order valence-electron chi connectivity index (χ3n) is 5.95. The van der Waals surface area contributed by atoms with Crippen LogP contribution < -0.4 is 0 Å². The van der Waals surface area contributed by atoms with Crippen molar-refractivity contribution in [1.29, 1.82) is 0 Å². The summed E-state index contributed by atoms with van der Waals surface area (Å²) in [4.78, 5) is 89.9. The number of hydrogen-bond acceptors (Lipinski definition) is 10. The predicted molar refractivity (Wildman–Crippen MR) is 185 cm³/mol. The van der Waals surface area contributed by atoms with Crippen molar-refractivity contribution in [2.24, 2.45) is 0 Å². The van der Waals surface area contributed by atoms with Gasteiger partial charge in [-0.15, -0.1) is 0 Å². The van der Waals surface area contributed by atoms with Gasteiger partial charge < -0.3 is 50.4 Å². The molecule has 0 atom stereocenters. The molecule has 0 radical (unpaired) electrons. The molecule has 0 unspecified atom stereocenters. The molecule has 2 rings (SSSR count). The molecule has 4 N–H and O–H groups in total. The minimum atomic E-state index is -1.56. The van der Waals surface area contributed by atoms with Crippen molar-refractivity contribution in [3.8, 4) is 0 Å². The van der Waals surface area contributed by atoms with Crippen LogP contribution in [0.25, 0.3) is 0 Å². The largest absolute Gasteiger partial charge is 0.561 e. The van der Waals surface area contributed by atoms with E-state index in [1.165, 1.54) is 47.3 Å². The van der Waals surface area contributed by atoms with Gasteiger partial charge in [0.2, 0.25) is 23.6 Å². The molecule has 0 bridgehead atoms. The first-order valence-electron chi connectivity index (χ1n) is 14.5. The first-order valence-corrected chi connectivity index (χ1v) is 14.5. The zero-order chi connectivity index (χ0) is 41.8. The van der Waals surface area contributed by atoms with Gasteiger partial charge in [-0.2, -0.15) is 0 Å². The lowest BCUT2D eigenvalue weighted by Crippen LogP contribution is -2.17. The number of amides is 4. The van der Waals surface area contributed by atoms with Gasteiger partial charge >= 0.3 is 23.9 Å². The maximum atomic E-state index is 12.3. The number of carbonyl (C=O) groups is 8. The van der Waals surface area contributed by atoms with E-state index in [0.717, 1.165) is 36.4 Å². The number of nitrogens with zero attached hydrogens (tertiary/aromatic N) is 6. The predicted octanol–water partition coefficient (Wildman–Crippen LogP) is 2.29. The second-order valence-electron chi connectivity index (χ2n) is 11.0. The standard InChI is InChI=1S/C16H10N2O10.4C4H9NO/c19-13(20)7-1-8(14(21)22)4-11(3-7)17(27)18(28)12-5-9(15(23)24)2-10(6-12)16(25)26;4*1-4(6)5(2)3/h1-6H,(H,19,20)(H,21,22)(H,23,24)(H,25,26);4*1-3H3/b18-17+;;;;. The number of benzene rings is 2. The molecule has 0 aliphatic heterocycles. The summed E-state index contributed by atoms with van der Waals surface area (Å²) in [6.45, 7) is 6.11. The van der Waals surface area contributed by atoms with Crippen LogP contribution in [0.1, 0.15) is 69.1 Å². The molecule has 0 saturated heterocycles. The molecule has 2 aromatic carbocycles. The van der Waals surface area contributed by atoms with Gasteiger partial charge in [0.25, 0.3) is 11.4 Å². The SMILES string of the molecule is CC(=O)N(C)C.CC(=O)N(C)C.CC(=O)N(C)C.CC(=O)N(C)C.O=C(O)c1cc(C(=O)O)cc(/[N+]([O-])=[N+](\[O-])c2cc(C(=O)O)cc(C(=O)O)c2)c1. The minimum absolute atomic E-state index is 0.0926. The maximum absolute atomic E-state index is 12.3. The highest BCUT2D eigenvalue weighted by molar-refractivity contribution is 5.95. The minimum Gasteiger partial charge on any atom is -0.561 e. The van der Waals surface area contributed by atoms with Crippen LogP contribution in [0.2, 0.25) is 0 Å². The van der Waals surface area contributed by atoms with Gasteiger partial charge in [0.15, 0.2) is 0 Å². The highest BCUT2D eigenvalue weighted by Gasteiger charge is 2.24. The summed E-state index contributed by atoms with van der Waals surface area (Å²) < 4.78 is 0. The molecule has 0 saturated carbocycles. The number of hydrogen-bond donors (Lipinski definition) is 4. The van der Waals surface area contributed by atoms with Gasteiger partial charge in [-0.25, -0.2) is 19.2 Å². The molecule has 52 heavy (non-hydrogen) atoms. The highest BCUT2D eigenvalue weighted by atomic mass is 16.6. The second-order valence-corrected chi connectivity index (χ2v) is 11.0. The summed E-state index contributed by atoms with van der Waals surface area (Å²) in [6, 6.07) is 4.45. The van der Waals surface area contributed by atoms with E-state index >= 15 is 0 Å². The van der Waals surface area contributed by atoms with Crippen molar-refractivity contribution in [1.82, 2.24) is 19.6 Å². The van der Waals surface area contributed by atoms with E-state index in [4.69, 9.17) is 20.4 Å². The zero-order valence-corrected chi connectivity index (χ0v) is 31.0. The maximum Gasteiger partial charge on any atom is 0.335 e. The lowest BCUT2D eigenvalue weighted by molar-refractivity contribution is -0.896.